The molecule has 0 radical (unpaired) electrons. The van der Waals surface area contributed by atoms with E-state index in [-0.39, 0.29) is 48.4 Å². The van der Waals surface area contributed by atoms with Crippen LogP contribution < -0.4 is 5.56 Å². The maximum atomic E-state index is 14.1. The number of carbonyl (C=O) groups is 1. The zero-order valence-electron chi connectivity index (χ0n) is 23.8. The van der Waals surface area contributed by atoms with Crippen LogP contribution in [0.3, 0.4) is 0 Å². The number of hydrogen-bond donors (Lipinski definition) is 1. The molecule has 1 aromatic heterocycles. The van der Waals surface area contributed by atoms with Crippen LogP contribution in [0.15, 0.2) is 34.2 Å². The molecule has 2 aliphatic heterocycles. The van der Waals surface area contributed by atoms with E-state index >= 15 is 0 Å². The third-order valence-electron chi connectivity index (χ3n) is 10.2. The Balaban J connectivity index is 1.30. The minimum Gasteiger partial charge on any atom is -0.466 e. The van der Waals surface area contributed by atoms with Gasteiger partial charge in [-0.2, -0.15) is 0 Å². The average molecular weight is 549 g/mol. The second-order valence-electron chi connectivity index (χ2n) is 12.7. The number of aromatic nitrogens is 2. The van der Waals surface area contributed by atoms with Crippen molar-refractivity contribution < 1.29 is 14.7 Å². The first-order chi connectivity index (χ1) is 19.6. The minimum absolute atomic E-state index is 0.0348. The molecule has 0 amide bonds. The Bertz CT molecular complexity index is 1280. The molecule has 8 nitrogen and oxygen atoms in total. The number of fused-ring (bicyclic) bond motifs is 5. The smallest absolute Gasteiger partial charge is 0.306 e. The Morgan fingerprint density at radius 1 is 0.925 bits per heavy atom. The van der Waals surface area contributed by atoms with Gasteiger partial charge in [-0.3, -0.25) is 14.5 Å². The molecule has 4 bridgehead atoms. The van der Waals surface area contributed by atoms with Crippen molar-refractivity contribution in [2.75, 3.05) is 6.61 Å². The van der Waals surface area contributed by atoms with E-state index in [0.29, 0.717) is 23.6 Å². The Morgan fingerprint density at radius 3 is 2.30 bits per heavy atom. The van der Waals surface area contributed by atoms with Crippen molar-refractivity contribution in [2.45, 2.75) is 121 Å². The minimum atomic E-state index is -0.382. The van der Waals surface area contributed by atoms with Gasteiger partial charge < -0.3 is 14.5 Å². The van der Waals surface area contributed by atoms with Gasteiger partial charge in [0.1, 0.15) is 5.71 Å². The summed E-state index contributed by atoms with van der Waals surface area (Å²) in [5.41, 5.74) is 1.59. The summed E-state index contributed by atoms with van der Waals surface area (Å²) >= 11 is 0. The van der Waals surface area contributed by atoms with E-state index in [4.69, 9.17) is 4.74 Å². The Hall–Kier alpha value is -2.74. The van der Waals surface area contributed by atoms with Gasteiger partial charge in [0.2, 0.25) is 0 Å². The lowest BCUT2D eigenvalue weighted by atomic mass is 9.73. The highest BCUT2D eigenvalue weighted by atomic mass is 16.5. The van der Waals surface area contributed by atoms with Crippen LogP contribution >= 0.6 is 0 Å². The van der Waals surface area contributed by atoms with Gasteiger partial charge in [0.25, 0.3) is 5.56 Å². The molecule has 0 spiro atoms. The quantitative estimate of drug-likeness (QED) is 0.202. The molecule has 2 saturated heterocycles. The summed E-state index contributed by atoms with van der Waals surface area (Å²) < 4.78 is 6.98. The fourth-order valence-electron chi connectivity index (χ4n) is 8.68. The molecule has 2 unspecified atom stereocenters. The molecule has 4 aliphatic rings. The van der Waals surface area contributed by atoms with Crippen LogP contribution in [0.2, 0.25) is 0 Å². The van der Waals surface area contributed by atoms with Gasteiger partial charge in [-0.15, -0.1) is 0 Å². The van der Waals surface area contributed by atoms with Crippen molar-refractivity contribution >= 4 is 22.7 Å². The van der Waals surface area contributed by atoms with E-state index in [1.807, 2.05) is 28.8 Å². The van der Waals surface area contributed by atoms with Crippen LogP contribution in [-0.4, -0.2) is 56.1 Å². The van der Waals surface area contributed by atoms with E-state index < -0.39 is 0 Å². The number of piperidine rings is 2. The van der Waals surface area contributed by atoms with Gasteiger partial charge in [-0.25, -0.2) is 4.98 Å². The molecular formula is C32H44N4O4. The van der Waals surface area contributed by atoms with Gasteiger partial charge in [0.05, 0.1) is 24.1 Å². The summed E-state index contributed by atoms with van der Waals surface area (Å²) in [6, 6.07) is 9.53. The molecule has 2 aromatic rings. The first-order valence-electron chi connectivity index (χ1n) is 15.7. The summed E-state index contributed by atoms with van der Waals surface area (Å²) in [5, 5.41) is 13.3. The van der Waals surface area contributed by atoms with E-state index in [1.165, 1.54) is 64.2 Å². The number of rotatable bonds is 7. The Labute approximate surface area is 236 Å². The third kappa shape index (κ3) is 5.44. The first-order valence-corrected chi connectivity index (χ1v) is 15.7. The monoisotopic (exact) mass is 548 g/mol. The number of benzene rings is 1. The van der Waals surface area contributed by atoms with Gasteiger partial charge in [0, 0.05) is 30.6 Å². The highest BCUT2D eigenvalue weighted by Gasteiger charge is 2.45. The van der Waals surface area contributed by atoms with Crippen LogP contribution in [0, 0.1) is 11.8 Å². The standard InChI is InChI=1S/C32H44N4O4/c1-2-40-30(37)15-14-28(34-39)31-32(38)36(29-13-6-5-12-27(29)33-31)26-19-23-10-7-11-24(20-26)35(23)25-17-21-8-3-4-9-22(16-21)18-25/h5-6,12-13,21-26,39H,2-4,7-11,14-20H2,1H3/b34-28+/t21?,22?,23-,24+,25?,26+. The normalized spacial score (nSPS) is 31.1. The fraction of sp³-hybridized carbons (Fsp3) is 0.688. The van der Waals surface area contributed by atoms with Crippen LogP contribution in [-0.2, 0) is 9.53 Å². The molecule has 2 aliphatic carbocycles. The van der Waals surface area contributed by atoms with Crippen molar-refractivity contribution in [1.82, 2.24) is 14.5 Å². The lowest BCUT2D eigenvalue weighted by Crippen LogP contribution is -2.58. The van der Waals surface area contributed by atoms with E-state index in [9.17, 15) is 14.8 Å². The molecule has 1 aromatic carbocycles. The molecule has 6 rings (SSSR count). The molecule has 2 saturated carbocycles. The van der Waals surface area contributed by atoms with Crippen molar-refractivity contribution in [2.24, 2.45) is 17.0 Å². The number of para-hydroxylation sites is 2. The van der Waals surface area contributed by atoms with Crippen molar-refractivity contribution in [3.63, 3.8) is 0 Å². The van der Waals surface area contributed by atoms with E-state index in [2.05, 4.69) is 15.0 Å². The lowest BCUT2D eigenvalue weighted by Gasteiger charge is -2.54. The lowest BCUT2D eigenvalue weighted by molar-refractivity contribution is -0.142. The van der Waals surface area contributed by atoms with Crippen molar-refractivity contribution in [3.8, 4) is 0 Å². The van der Waals surface area contributed by atoms with E-state index in [0.717, 1.165) is 30.2 Å². The highest BCUT2D eigenvalue weighted by molar-refractivity contribution is 6.00. The largest absolute Gasteiger partial charge is 0.466 e. The number of carbonyl (C=O) groups excluding carboxylic acids is 1. The van der Waals surface area contributed by atoms with Crippen LogP contribution in [0.5, 0.6) is 0 Å². The predicted octanol–water partition coefficient (Wildman–Crippen LogP) is 5.84. The number of nitrogens with zero attached hydrogens (tertiary/aromatic N) is 4. The Kier molecular flexibility index (Phi) is 8.24. The zero-order chi connectivity index (χ0) is 27.6. The summed E-state index contributed by atoms with van der Waals surface area (Å²) in [5.74, 6) is 1.40. The summed E-state index contributed by atoms with van der Waals surface area (Å²) in [7, 11) is 0. The van der Waals surface area contributed by atoms with Crippen molar-refractivity contribution in [3.05, 3.63) is 40.3 Å². The Morgan fingerprint density at radius 2 is 1.62 bits per heavy atom. The number of esters is 1. The third-order valence-corrected chi connectivity index (χ3v) is 10.2. The van der Waals surface area contributed by atoms with Gasteiger partial charge >= 0.3 is 5.97 Å². The van der Waals surface area contributed by atoms with Crippen LogP contribution in [0.1, 0.15) is 109 Å². The molecule has 3 heterocycles. The maximum absolute atomic E-state index is 14.1. The van der Waals surface area contributed by atoms with Gasteiger partial charge in [-0.05, 0) is 75.8 Å². The predicted molar refractivity (Wildman–Crippen MR) is 155 cm³/mol. The fourth-order valence-corrected chi connectivity index (χ4v) is 8.68. The maximum Gasteiger partial charge on any atom is 0.306 e. The summed E-state index contributed by atoms with van der Waals surface area (Å²) in [6.07, 6.45) is 15.5. The number of ether oxygens (including phenoxy) is 1. The zero-order valence-corrected chi connectivity index (χ0v) is 23.8. The molecule has 216 valence electrons. The van der Waals surface area contributed by atoms with Crippen molar-refractivity contribution in [1.29, 1.82) is 0 Å². The highest BCUT2D eigenvalue weighted by Crippen LogP contribution is 2.47. The molecular weight excluding hydrogens is 504 g/mol. The van der Waals surface area contributed by atoms with Gasteiger partial charge in [-0.1, -0.05) is 49.4 Å². The SMILES string of the molecule is CCOC(=O)CC/C(=N\O)c1nc2ccccc2n([C@H]2C[C@H]3CCC[C@@H](C2)N3C2CC3CCCCC(C3)C2)c1=O. The summed E-state index contributed by atoms with van der Waals surface area (Å²) in [4.78, 5) is 33.7. The number of hydrogen-bond acceptors (Lipinski definition) is 7. The van der Waals surface area contributed by atoms with E-state index in [1.54, 1.807) is 6.92 Å². The molecule has 40 heavy (non-hydrogen) atoms. The van der Waals surface area contributed by atoms with Crippen LogP contribution in [0.4, 0.5) is 0 Å². The second-order valence-corrected chi connectivity index (χ2v) is 12.7. The molecule has 8 heteroatoms. The topological polar surface area (TPSA) is 97.0 Å². The number of oxime groups is 1. The average Bonchev–Trinajstić information content (AvgIpc) is 3.12. The molecule has 1 N–H and O–H groups in total. The first kappa shape index (κ1) is 27.4. The van der Waals surface area contributed by atoms with Crippen LogP contribution in [0.25, 0.3) is 11.0 Å². The van der Waals surface area contributed by atoms with Gasteiger partial charge in [0.15, 0.2) is 5.69 Å². The second kappa shape index (κ2) is 12.0. The molecule has 4 fully saturated rings. The molecule has 5 atom stereocenters. The summed E-state index contributed by atoms with van der Waals surface area (Å²) in [6.45, 7) is 2.04.